The second kappa shape index (κ2) is 7.90. The van der Waals surface area contributed by atoms with Crippen molar-refractivity contribution in [3.8, 4) is 0 Å². The fourth-order valence-corrected chi connectivity index (χ4v) is 2.20. The fraction of sp³-hybridized carbons (Fsp3) is 0.643. The Morgan fingerprint density at radius 2 is 1.95 bits per heavy atom. The Bertz CT molecular complexity index is 464. The average molecular weight is 320 g/mol. The molecule has 0 heterocycles. The molecule has 0 aliphatic carbocycles. The van der Waals surface area contributed by atoms with Crippen molar-refractivity contribution in [1.82, 2.24) is 0 Å². The molecule has 0 radical (unpaired) electrons. The van der Waals surface area contributed by atoms with Crippen molar-refractivity contribution in [2.45, 2.75) is 58.9 Å². The number of hydrogen-bond acceptors (Lipinski definition) is 4. The van der Waals surface area contributed by atoms with Gasteiger partial charge in [-0.1, -0.05) is 20.4 Å². The highest BCUT2D eigenvalue weighted by Crippen LogP contribution is 2.53. The molecule has 2 unspecified atom stereocenters. The monoisotopic (exact) mass is 320 g/mol. The summed E-state index contributed by atoms with van der Waals surface area (Å²) in [6.07, 6.45) is 1.52. The first-order valence-electron chi connectivity index (χ1n) is 6.78. The van der Waals surface area contributed by atoms with Crippen LogP contribution in [0, 0.1) is 0 Å². The lowest BCUT2D eigenvalue weighted by Gasteiger charge is -2.31. The van der Waals surface area contributed by atoms with Gasteiger partial charge < -0.3 is 19.3 Å². The Kier molecular flexibility index (Phi) is 7.54. The lowest BCUT2D eigenvalue weighted by atomic mass is 10.2. The second-order valence-corrected chi connectivity index (χ2v) is 7.09. The van der Waals surface area contributed by atoms with Gasteiger partial charge in [0, 0.05) is 12.0 Å². The van der Waals surface area contributed by atoms with E-state index in [1.165, 1.54) is 19.9 Å². The first-order valence-corrected chi connectivity index (χ1v) is 8.39. The second-order valence-electron chi connectivity index (χ2n) is 5.05. The number of rotatable bonds is 8. The van der Waals surface area contributed by atoms with Crippen LogP contribution in [0.5, 0.6) is 0 Å². The summed E-state index contributed by atoms with van der Waals surface area (Å²) in [4.78, 5) is 30.2. The van der Waals surface area contributed by atoms with Gasteiger partial charge in [0.15, 0.2) is 5.34 Å². The lowest BCUT2D eigenvalue weighted by Crippen LogP contribution is -2.31. The largest absolute Gasteiger partial charge is 0.428 e. The summed E-state index contributed by atoms with van der Waals surface area (Å²) in [5, 5.41) is -1.57. The van der Waals surface area contributed by atoms with Gasteiger partial charge in [0.05, 0.1) is 6.10 Å². The molecule has 6 nitrogen and oxygen atoms in total. The highest BCUT2D eigenvalue weighted by Gasteiger charge is 2.43. The van der Waals surface area contributed by atoms with Crippen molar-refractivity contribution in [2.24, 2.45) is 0 Å². The van der Waals surface area contributed by atoms with Crippen molar-refractivity contribution in [2.75, 3.05) is 0 Å². The minimum absolute atomic E-state index is 0.155. The molecule has 21 heavy (non-hydrogen) atoms. The van der Waals surface area contributed by atoms with Crippen molar-refractivity contribution in [3.05, 3.63) is 24.0 Å². The van der Waals surface area contributed by atoms with Gasteiger partial charge in [0.2, 0.25) is 0 Å². The van der Waals surface area contributed by atoms with E-state index >= 15 is 0 Å². The van der Waals surface area contributed by atoms with E-state index in [-0.39, 0.29) is 12.0 Å². The highest BCUT2D eigenvalue weighted by molar-refractivity contribution is 7.53. The van der Waals surface area contributed by atoms with Gasteiger partial charge in [-0.2, -0.15) is 0 Å². The molecule has 0 rings (SSSR count). The van der Waals surface area contributed by atoms with Crippen LogP contribution in [0.25, 0.3) is 0 Å². The number of carbonyl (C=O) groups is 1. The molecule has 0 saturated carbocycles. The minimum Gasteiger partial charge on any atom is -0.428 e. The number of allylic oxidation sites excluding steroid dienone is 1. The fourth-order valence-electron chi connectivity index (χ4n) is 1.48. The van der Waals surface area contributed by atoms with Gasteiger partial charge in [0.25, 0.3) is 0 Å². The summed E-state index contributed by atoms with van der Waals surface area (Å²) < 4.78 is 22.1. The highest BCUT2D eigenvalue weighted by atomic mass is 31.2. The van der Waals surface area contributed by atoms with Crippen LogP contribution in [0.1, 0.15) is 47.5 Å². The third-order valence-corrected chi connectivity index (χ3v) is 4.71. The van der Waals surface area contributed by atoms with Crippen molar-refractivity contribution in [1.29, 1.82) is 0 Å². The molecular formula is C14H25O6P. The normalized spacial score (nSPS) is 17.0. The van der Waals surface area contributed by atoms with Crippen LogP contribution in [0.15, 0.2) is 24.0 Å². The minimum atomic E-state index is -4.41. The van der Waals surface area contributed by atoms with E-state index in [9.17, 15) is 19.1 Å². The number of hydrogen-bond donors (Lipinski definition) is 2. The lowest BCUT2D eigenvalue weighted by molar-refractivity contribution is -0.135. The smallest absolute Gasteiger partial charge is 0.356 e. The quantitative estimate of drug-likeness (QED) is 0.309. The molecular weight excluding hydrogens is 295 g/mol. The molecule has 2 atom stereocenters. The zero-order valence-electron chi connectivity index (χ0n) is 13.3. The van der Waals surface area contributed by atoms with Crippen LogP contribution >= 0.6 is 7.60 Å². The zero-order chi connectivity index (χ0) is 16.8. The Balaban J connectivity index is 5.03. The van der Waals surface area contributed by atoms with E-state index in [0.29, 0.717) is 12.2 Å². The van der Waals surface area contributed by atoms with Gasteiger partial charge in [-0.3, -0.25) is 4.57 Å². The van der Waals surface area contributed by atoms with Gasteiger partial charge >= 0.3 is 13.6 Å². The molecule has 0 amide bonds. The van der Waals surface area contributed by atoms with E-state index in [4.69, 9.17) is 9.47 Å². The third kappa shape index (κ3) is 6.14. The average Bonchev–Trinajstić information content (AvgIpc) is 2.35. The van der Waals surface area contributed by atoms with Gasteiger partial charge in [-0.15, -0.1) is 0 Å². The SMILES string of the molecule is C=C(C)C(=O)O/C(=C\C(C)OC(C)(CC)P(=O)(O)O)CC. The summed E-state index contributed by atoms with van der Waals surface area (Å²) in [5.41, 5.74) is 0.275. The standard InChI is InChI=1S/C14H25O6P/c1-7-12(19-13(15)10(3)4)9-11(5)20-14(6,8-2)21(16,17)18/h9,11H,3,7-8H2,1-2,4-6H3,(H2,16,17,18)/b12-9-. The van der Waals surface area contributed by atoms with Crippen molar-refractivity contribution in [3.63, 3.8) is 0 Å². The van der Waals surface area contributed by atoms with Crippen molar-refractivity contribution >= 4 is 13.6 Å². The number of esters is 1. The molecule has 0 fully saturated rings. The van der Waals surface area contributed by atoms with Gasteiger partial charge in [-0.05, 0) is 33.3 Å². The van der Waals surface area contributed by atoms with Gasteiger partial charge in [0.1, 0.15) is 5.76 Å². The molecule has 122 valence electrons. The summed E-state index contributed by atoms with van der Waals surface area (Å²) >= 11 is 0. The first kappa shape index (κ1) is 20.1. The summed E-state index contributed by atoms with van der Waals surface area (Å²) in [5.74, 6) is -0.164. The van der Waals surface area contributed by atoms with E-state index in [1.54, 1.807) is 20.8 Å². The Morgan fingerprint density at radius 1 is 1.43 bits per heavy atom. The number of ether oxygens (including phenoxy) is 2. The molecule has 0 aromatic rings. The maximum absolute atomic E-state index is 11.5. The van der Waals surface area contributed by atoms with Crippen LogP contribution in [-0.2, 0) is 18.8 Å². The Hall–Kier alpha value is -0.940. The summed E-state index contributed by atoms with van der Waals surface area (Å²) in [6.45, 7) is 11.5. The first-order chi connectivity index (χ1) is 9.46. The number of carbonyl (C=O) groups excluding carboxylic acids is 1. The molecule has 2 N–H and O–H groups in total. The third-order valence-electron chi connectivity index (χ3n) is 3.05. The zero-order valence-corrected chi connectivity index (χ0v) is 14.1. The van der Waals surface area contributed by atoms with Crippen LogP contribution in [0.4, 0.5) is 0 Å². The molecule has 0 saturated heterocycles. The molecule has 7 heteroatoms. The van der Waals surface area contributed by atoms with E-state index < -0.39 is 25.0 Å². The Morgan fingerprint density at radius 3 is 2.29 bits per heavy atom. The molecule has 0 aromatic carbocycles. The predicted octanol–water partition coefficient (Wildman–Crippen LogP) is 3.11. The van der Waals surface area contributed by atoms with E-state index in [0.717, 1.165) is 0 Å². The van der Waals surface area contributed by atoms with Gasteiger partial charge in [-0.25, -0.2) is 4.79 Å². The maximum Gasteiger partial charge on any atom is 0.356 e. The topological polar surface area (TPSA) is 93.1 Å². The van der Waals surface area contributed by atoms with Crippen LogP contribution in [0.2, 0.25) is 0 Å². The maximum atomic E-state index is 11.5. The molecule has 0 spiro atoms. The Labute approximate surface area is 126 Å². The molecule has 0 bridgehead atoms. The van der Waals surface area contributed by atoms with Crippen LogP contribution < -0.4 is 0 Å². The molecule has 0 aliphatic rings. The molecule has 0 aromatic heterocycles. The molecule has 0 aliphatic heterocycles. The summed E-state index contributed by atoms with van der Waals surface area (Å²) in [6, 6.07) is 0. The van der Waals surface area contributed by atoms with Crippen molar-refractivity contribution < 1.29 is 28.6 Å². The summed E-state index contributed by atoms with van der Waals surface area (Å²) in [7, 11) is -4.41. The van der Waals surface area contributed by atoms with E-state index in [1.807, 2.05) is 0 Å². The van der Waals surface area contributed by atoms with E-state index in [2.05, 4.69) is 6.58 Å². The van der Waals surface area contributed by atoms with Crippen LogP contribution in [0.3, 0.4) is 0 Å². The van der Waals surface area contributed by atoms with Crippen LogP contribution in [-0.4, -0.2) is 27.2 Å². The predicted molar refractivity (Wildman–Crippen MR) is 80.6 cm³/mol.